The number of anilines is 1. The van der Waals surface area contributed by atoms with Crippen LogP contribution >= 0.6 is 11.3 Å². The zero-order valence-electron chi connectivity index (χ0n) is 13.2. The van der Waals surface area contributed by atoms with Gasteiger partial charge in [0.2, 0.25) is 0 Å². The first-order valence-electron chi connectivity index (χ1n) is 7.57. The monoisotopic (exact) mass is 318 g/mol. The summed E-state index contributed by atoms with van der Waals surface area (Å²) in [6, 6.07) is 4.19. The number of ether oxygens (including phenoxy) is 1. The van der Waals surface area contributed by atoms with Crippen molar-refractivity contribution in [2.75, 3.05) is 38.3 Å². The van der Waals surface area contributed by atoms with Crippen LogP contribution in [0, 0.1) is 6.92 Å². The molecule has 0 saturated heterocycles. The quantitative estimate of drug-likeness (QED) is 0.846. The SMILES string of the molecule is COCCN1CCN(Cc2csc(C)n2)Cc2cccnc21. The van der Waals surface area contributed by atoms with Gasteiger partial charge in [-0.15, -0.1) is 11.3 Å². The van der Waals surface area contributed by atoms with Crippen LogP contribution < -0.4 is 4.90 Å². The first-order valence-corrected chi connectivity index (χ1v) is 8.45. The zero-order valence-corrected chi connectivity index (χ0v) is 14.0. The van der Waals surface area contributed by atoms with Crippen molar-refractivity contribution in [1.29, 1.82) is 0 Å². The van der Waals surface area contributed by atoms with E-state index in [0.717, 1.165) is 50.2 Å². The average molecular weight is 318 g/mol. The van der Waals surface area contributed by atoms with E-state index in [-0.39, 0.29) is 0 Å². The van der Waals surface area contributed by atoms with Gasteiger partial charge in [0.15, 0.2) is 0 Å². The summed E-state index contributed by atoms with van der Waals surface area (Å²) < 4.78 is 5.23. The third-order valence-electron chi connectivity index (χ3n) is 3.86. The molecule has 0 spiro atoms. The molecule has 3 heterocycles. The van der Waals surface area contributed by atoms with Crippen molar-refractivity contribution >= 4 is 17.2 Å². The molecule has 0 fully saturated rings. The Kier molecular flexibility index (Phi) is 5.02. The number of hydrogen-bond donors (Lipinski definition) is 0. The first-order chi connectivity index (χ1) is 10.8. The van der Waals surface area contributed by atoms with Crippen LogP contribution in [-0.4, -0.2) is 48.2 Å². The van der Waals surface area contributed by atoms with Crippen molar-refractivity contribution in [2.45, 2.75) is 20.0 Å². The summed E-state index contributed by atoms with van der Waals surface area (Å²) in [5.41, 5.74) is 2.45. The van der Waals surface area contributed by atoms with Gasteiger partial charge in [0.25, 0.3) is 0 Å². The number of nitrogens with zero attached hydrogens (tertiary/aromatic N) is 4. The molecule has 1 aliphatic heterocycles. The Morgan fingerprint density at radius 1 is 1.36 bits per heavy atom. The molecule has 0 radical (unpaired) electrons. The van der Waals surface area contributed by atoms with Crippen molar-refractivity contribution in [3.05, 3.63) is 40.0 Å². The molecule has 0 aliphatic carbocycles. The summed E-state index contributed by atoms with van der Waals surface area (Å²) in [6.45, 7) is 7.46. The molecule has 0 aromatic carbocycles. The standard InChI is InChI=1S/C16H22N4OS/c1-13-18-15(12-22-13)11-19-6-7-20(8-9-21-2)16-14(10-19)4-3-5-17-16/h3-5,12H,6-11H2,1-2H3. The van der Waals surface area contributed by atoms with E-state index < -0.39 is 0 Å². The highest BCUT2D eigenvalue weighted by molar-refractivity contribution is 7.09. The van der Waals surface area contributed by atoms with E-state index in [2.05, 4.69) is 38.1 Å². The molecule has 5 nitrogen and oxygen atoms in total. The van der Waals surface area contributed by atoms with Crippen LogP contribution in [-0.2, 0) is 17.8 Å². The Balaban J connectivity index is 1.75. The van der Waals surface area contributed by atoms with Gasteiger partial charge >= 0.3 is 0 Å². The minimum atomic E-state index is 0.724. The van der Waals surface area contributed by atoms with Gasteiger partial charge in [-0.1, -0.05) is 6.07 Å². The number of hydrogen-bond acceptors (Lipinski definition) is 6. The minimum Gasteiger partial charge on any atom is -0.383 e. The van der Waals surface area contributed by atoms with E-state index in [1.807, 2.05) is 12.3 Å². The molecule has 2 aromatic heterocycles. The largest absolute Gasteiger partial charge is 0.383 e. The van der Waals surface area contributed by atoms with E-state index in [9.17, 15) is 0 Å². The maximum atomic E-state index is 5.23. The second-order valence-corrected chi connectivity index (χ2v) is 6.60. The highest BCUT2D eigenvalue weighted by Crippen LogP contribution is 2.23. The highest BCUT2D eigenvalue weighted by atomic mass is 32.1. The summed E-state index contributed by atoms with van der Waals surface area (Å²) in [5, 5.41) is 3.29. The Bertz CT molecular complexity index is 616. The normalized spacial score (nSPS) is 15.6. The Morgan fingerprint density at radius 2 is 2.27 bits per heavy atom. The van der Waals surface area contributed by atoms with Crippen LogP contribution in [0.1, 0.15) is 16.3 Å². The van der Waals surface area contributed by atoms with Gasteiger partial charge in [-0.3, -0.25) is 4.90 Å². The predicted molar refractivity (Wildman–Crippen MR) is 89.3 cm³/mol. The molecule has 0 unspecified atom stereocenters. The molecule has 3 rings (SSSR count). The summed E-state index contributed by atoms with van der Waals surface area (Å²) in [6.07, 6.45) is 1.87. The summed E-state index contributed by atoms with van der Waals surface area (Å²) >= 11 is 1.72. The lowest BCUT2D eigenvalue weighted by Gasteiger charge is -2.23. The van der Waals surface area contributed by atoms with Gasteiger partial charge in [-0.25, -0.2) is 9.97 Å². The summed E-state index contributed by atoms with van der Waals surface area (Å²) in [7, 11) is 1.74. The average Bonchev–Trinajstić information content (AvgIpc) is 2.84. The van der Waals surface area contributed by atoms with Gasteiger partial charge in [0.05, 0.1) is 17.3 Å². The fraction of sp³-hybridized carbons (Fsp3) is 0.500. The van der Waals surface area contributed by atoms with E-state index in [4.69, 9.17) is 4.74 Å². The van der Waals surface area contributed by atoms with E-state index in [0.29, 0.717) is 0 Å². The van der Waals surface area contributed by atoms with Crippen molar-refractivity contribution in [2.24, 2.45) is 0 Å². The van der Waals surface area contributed by atoms with Crippen molar-refractivity contribution in [1.82, 2.24) is 14.9 Å². The molecule has 6 heteroatoms. The van der Waals surface area contributed by atoms with Crippen LogP contribution in [0.4, 0.5) is 5.82 Å². The Hall–Kier alpha value is -1.50. The molecule has 0 amide bonds. The van der Waals surface area contributed by atoms with Crippen LogP contribution in [0.25, 0.3) is 0 Å². The zero-order chi connectivity index (χ0) is 15.4. The second kappa shape index (κ2) is 7.17. The number of thiazole rings is 1. The minimum absolute atomic E-state index is 0.724. The number of methoxy groups -OCH3 is 1. The van der Waals surface area contributed by atoms with Crippen LogP contribution in [0.5, 0.6) is 0 Å². The van der Waals surface area contributed by atoms with E-state index in [1.165, 1.54) is 11.3 Å². The Morgan fingerprint density at radius 3 is 3.05 bits per heavy atom. The predicted octanol–water partition coefficient (Wildman–Crippen LogP) is 2.32. The molecule has 1 aliphatic rings. The number of pyridine rings is 1. The Labute approximate surface area is 135 Å². The lowest BCUT2D eigenvalue weighted by molar-refractivity contribution is 0.203. The molecule has 0 N–H and O–H groups in total. The fourth-order valence-corrected chi connectivity index (χ4v) is 3.39. The number of aryl methyl sites for hydroxylation is 1. The summed E-state index contributed by atoms with van der Waals surface area (Å²) in [5.74, 6) is 1.09. The molecule has 2 aromatic rings. The van der Waals surface area contributed by atoms with E-state index in [1.54, 1.807) is 18.4 Å². The molecule has 0 bridgehead atoms. The van der Waals surface area contributed by atoms with Crippen LogP contribution in [0.2, 0.25) is 0 Å². The molecular weight excluding hydrogens is 296 g/mol. The topological polar surface area (TPSA) is 41.5 Å². The van der Waals surface area contributed by atoms with Gasteiger partial charge < -0.3 is 9.64 Å². The molecular formula is C16H22N4OS. The smallest absolute Gasteiger partial charge is 0.133 e. The lowest BCUT2D eigenvalue weighted by Crippen LogP contribution is -2.33. The van der Waals surface area contributed by atoms with Crippen molar-refractivity contribution in [3.8, 4) is 0 Å². The third kappa shape index (κ3) is 3.63. The van der Waals surface area contributed by atoms with E-state index >= 15 is 0 Å². The molecule has 0 atom stereocenters. The lowest BCUT2D eigenvalue weighted by atomic mass is 10.2. The van der Waals surface area contributed by atoms with Gasteiger partial charge in [0.1, 0.15) is 5.82 Å². The van der Waals surface area contributed by atoms with Gasteiger partial charge in [-0.05, 0) is 13.0 Å². The fourth-order valence-electron chi connectivity index (χ4n) is 2.79. The van der Waals surface area contributed by atoms with Crippen molar-refractivity contribution in [3.63, 3.8) is 0 Å². The number of rotatable bonds is 5. The summed E-state index contributed by atoms with van der Waals surface area (Å²) in [4.78, 5) is 13.9. The molecule has 118 valence electrons. The molecule has 22 heavy (non-hydrogen) atoms. The van der Waals surface area contributed by atoms with Crippen LogP contribution in [0.15, 0.2) is 23.7 Å². The number of fused-ring (bicyclic) bond motifs is 1. The second-order valence-electron chi connectivity index (χ2n) is 5.53. The highest BCUT2D eigenvalue weighted by Gasteiger charge is 2.21. The first kappa shape index (κ1) is 15.4. The van der Waals surface area contributed by atoms with Crippen molar-refractivity contribution < 1.29 is 4.74 Å². The number of aromatic nitrogens is 2. The third-order valence-corrected chi connectivity index (χ3v) is 4.69. The van der Waals surface area contributed by atoms with Crippen LogP contribution in [0.3, 0.4) is 0 Å². The maximum absolute atomic E-state index is 5.23. The maximum Gasteiger partial charge on any atom is 0.133 e. The van der Waals surface area contributed by atoms with Gasteiger partial charge in [0, 0.05) is 57.0 Å². The van der Waals surface area contributed by atoms with Gasteiger partial charge in [-0.2, -0.15) is 0 Å². The molecule has 0 saturated carbocycles.